The van der Waals surface area contributed by atoms with E-state index in [1.807, 2.05) is 18.4 Å². The zero-order chi connectivity index (χ0) is 9.19. The average molecular weight is 206 g/mol. The number of thiophene rings is 1. The lowest BCUT2D eigenvalue weighted by Gasteiger charge is -2.24. The van der Waals surface area contributed by atoms with E-state index >= 15 is 0 Å². The van der Waals surface area contributed by atoms with Crippen molar-refractivity contribution >= 4 is 22.9 Å². The first-order chi connectivity index (χ1) is 5.64. The minimum Gasteiger partial charge on any atom is -0.395 e. The molecule has 1 aromatic heterocycles. The number of halogens is 1. The van der Waals surface area contributed by atoms with E-state index in [1.165, 1.54) is 11.3 Å². The van der Waals surface area contributed by atoms with Gasteiger partial charge in [-0.2, -0.15) is 0 Å². The summed E-state index contributed by atoms with van der Waals surface area (Å²) in [6.45, 7) is 2.35. The summed E-state index contributed by atoms with van der Waals surface area (Å²) in [6, 6.07) is 1.82. The van der Waals surface area contributed by atoms with Crippen molar-refractivity contribution < 1.29 is 5.11 Å². The van der Waals surface area contributed by atoms with E-state index in [0.717, 1.165) is 4.88 Å². The third-order valence-corrected chi connectivity index (χ3v) is 3.61. The first-order valence-corrected chi connectivity index (χ1v) is 4.94. The molecule has 0 aliphatic carbocycles. The zero-order valence-electron chi connectivity index (χ0n) is 6.88. The number of hydrogen-bond acceptors (Lipinski definition) is 3. The van der Waals surface area contributed by atoms with Gasteiger partial charge in [0.2, 0.25) is 0 Å². The summed E-state index contributed by atoms with van der Waals surface area (Å²) in [5, 5.41) is 11.7. The van der Waals surface area contributed by atoms with E-state index in [4.69, 9.17) is 22.4 Å². The van der Waals surface area contributed by atoms with E-state index in [2.05, 4.69) is 0 Å². The van der Waals surface area contributed by atoms with Gasteiger partial charge in [0.15, 0.2) is 0 Å². The zero-order valence-corrected chi connectivity index (χ0v) is 8.45. The first-order valence-electron chi connectivity index (χ1n) is 3.68. The van der Waals surface area contributed by atoms with Crippen LogP contribution < -0.4 is 5.73 Å². The van der Waals surface area contributed by atoms with E-state index in [9.17, 15) is 0 Å². The Morgan fingerprint density at radius 2 is 2.42 bits per heavy atom. The number of aliphatic hydroxyl groups excluding tert-OH is 1. The van der Waals surface area contributed by atoms with Crippen LogP contribution in [0.3, 0.4) is 0 Å². The lowest BCUT2D eigenvalue weighted by atomic mass is 9.90. The molecule has 0 aliphatic rings. The van der Waals surface area contributed by atoms with Crippen molar-refractivity contribution in [3.63, 3.8) is 0 Å². The van der Waals surface area contributed by atoms with Crippen LogP contribution in [-0.4, -0.2) is 18.3 Å². The maximum atomic E-state index is 9.15. The molecule has 1 rings (SSSR count). The van der Waals surface area contributed by atoms with Crippen LogP contribution in [0.1, 0.15) is 11.8 Å². The largest absolute Gasteiger partial charge is 0.395 e. The van der Waals surface area contributed by atoms with E-state index in [-0.39, 0.29) is 12.0 Å². The Kier molecular flexibility index (Phi) is 3.12. The molecule has 0 aromatic carbocycles. The van der Waals surface area contributed by atoms with Crippen LogP contribution in [0.5, 0.6) is 0 Å². The molecule has 0 spiro atoms. The molecule has 0 fully saturated rings. The molecular formula is C8H12ClNOS. The number of hydrogen-bond donors (Lipinski definition) is 2. The maximum Gasteiger partial charge on any atom is 0.0552 e. The molecule has 0 aliphatic heterocycles. The fraction of sp³-hybridized carbons (Fsp3) is 0.500. The van der Waals surface area contributed by atoms with Gasteiger partial charge in [0.1, 0.15) is 0 Å². The van der Waals surface area contributed by atoms with Crippen LogP contribution in [0.4, 0.5) is 0 Å². The van der Waals surface area contributed by atoms with Crippen molar-refractivity contribution in [2.75, 3.05) is 13.2 Å². The van der Waals surface area contributed by atoms with E-state index in [1.54, 1.807) is 0 Å². The normalized spacial score (nSPS) is 16.0. The van der Waals surface area contributed by atoms with Gasteiger partial charge in [0, 0.05) is 16.8 Å². The molecule has 0 amide bonds. The minimum absolute atomic E-state index is 0.0315. The van der Waals surface area contributed by atoms with E-state index < -0.39 is 0 Å². The smallest absolute Gasteiger partial charge is 0.0552 e. The molecule has 1 aromatic rings. The lowest BCUT2D eigenvalue weighted by molar-refractivity contribution is 0.213. The van der Waals surface area contributed by atoms with Crippen LogP contribution in [-0.2, 0) is 5.41 Å². The molecule has 1 atom stereocenters. The Morgan fingerprint density at radius 3 is 2.75 bits per heavy atom. The quantitative estimate of drug-likeness (QED) is 0.788. The predicted octanol–water partition coefficient (Wildman–Crippen LogP) is 1.61. The second kappa shape index (κ2) is 3.75. The summed E-state index contributed by atoms with van der Waals surface area (Å²) in [7, 11) is 0. The summed E-state index contributed by atoms with van der Waals surface area (Å²) < 4.78 is 0. The summed E-state index contributed by atoms with van der Waals surface area (Å²) >= 11 is 7.46. The summed E-state index contributed by atoms with van der Waals surface area (Å²) in [5.74, 6) is 0. The Morgan fingerprint density at radius 1 is 1.75 bits per heavy atom. The highest BCUT2D eigenvalue weighted by atomic mass is 35.5. The van der Waals surface area contributed by atoms with Crippen LogP contribution in [0.15, 0.2) is 11.4 Å². The molecule has 4 heteroatoms. The maximum absolute atomic E-state index is 9.15. The number of nitrogens with two attached hydrogens (primary N) is 1. The van der Waals surface area contributed by atoms with Crippen LogP contribution in [0, 0.1) is 0 Å². The molecule has 0 bridgehead atoms. The molecule has 12 heavy (non-hydrogen) atoms. The lowest BCUT2D eigenvalue weighted by Crippen LogP contribution is -2.34. The molecule has 0 saturated heterocycles. The second-order valence-electron chi connectivity index (χ2n) is 3.02. The highest BCUT2D eigenvalue weighted by Gasteiger charge is 2.27. The summed E-state index contributed by atoms with van der Waals surface area (Å²) in [6.07, 6.45) is 0. The molecule has 1 heterocycles. The topological polar surface area (TPSA) is 46.2 Å². The third kappa shape index (κ3) is 1.64. The van der Waals surface area contributed by atoms with Gasteiger partial charge in [-0.05, 0) is 11.4 Å². The molecule has 2 nitrogen and oxygen atoms in total. The molecule has 0 saturated carbocycles. The monoisotopic (exact) mass is 205 g/mol. The molecule has 68 valence electrons. The van der Waals surface area contributed by atoms with Gasteiger partial charge in [-0.15, -0.1) is 11.3 Å². The van der Waals surface area contributed by atoms with Crippen molar-refractivity contribution in [1.82, 2.24) is 0 Å². The highest BCUT2D eigenvalue weighted by Crippen LogP contribution is 2.33. The minimum atomic E-state index is -0.384. The van der Waals surface area contributed by atoms with Gasteiger partial charge >= 0.3 is 0 Å². The summed E-state index contributed by atoms with van der Waals surface area (Å²) in [4.78, 5) is 0.967. The van der Waals surface area contributed by atoms with Crippen molar-refractivity contribution in [3.05, 3.63) is 21.3 Å². The Labute approximate surface area is 81.0 Å². The van der Waals surface area contributed by atoms with Crippen LogP contribution in [0.2, 0.25) is 5.02 Å². The Hall–Kier alpha value is -0.0900. The molecule has 3 N–H and O–H groups in total. The predicted molar refractivity (Wildman–Crippen MR) is 52.8 cm³/mol. The SMILES string of the molecule is CC(CN)(CO)c1sccc1Cl. The molecule has 1 unspecified atom stereocenters. The summed E-state index contributed by atoms with van der Waals surface area (Å²) in [5.41, 5.74) is 5.18. The van der Waals surface area contributed by atoms with Crippen molar-refractivity contribution in [3.8, 4) is 0 Å². The van der Waals surface area contributed by atoms with Crippen molar-refractivity contribution in [1.29, 1.82) is 0 Å². The van der Waals surface area contributed by atoms with Gasteiger partial charge in [0.25, 0.3) is 0 Å². The fourth-order valence-corrected chi connectivity index (χ4v) is 2.41. The molecular weight excluding hydrogens is 194 g/mol. The van der Waals surface area contributed by atoms with E-state index in [0.29, 0.717) is 11.6 Å². The highest BCUT2D eigenvalue weighted by molar-refractivity contribution is 7.10. The van der Waals surface area contributed by atoms with Gasteiger partial charge < -0.3 is 10.8 Å². The Balaban J connectivity index is 3.02. The Bertz CT molecular complexity index is 257. The second-order valence-corrected chi connectivity index (χ2v) is 4.34. The average Bonchev–Trinajstić information content (AvgIpc) is 2.51. The van der Waals surface area contributed by atoms with Gasteiger partial charge in [-0.25, -0.2) is 0 Å². The van der Waals surface area contributed by atoms with Crippen molar-refractivity contribution in [2.45, 2.75) is 12.3 Å². The standard InChI is InChI=1S/C8H12ClNOS/c1-8(4-10,5-11)7-6(9)2-3-12-7/h2-3,11H,4-5,10H2,1H3. The van der Waals surface area contributed by atoms with Gasteiger partial charge in [0.05, 0.1) is 11.6 Å². The van der Waals surface area contributed by atoms with Gasteiger partial charge in [-0.1, -0.05) is 18.5 Å². The first kappa shape index (κ1) is 9.99. The fourth-order valence-electron chi connectivity index (χ4n) is 0.953. The van der Waals surface area contributed by atoms with Crippen molar-refractivity contribution in [2.24, 2.45) is 5.73 Å². The van der Waals surface area contributed by atoms with Gasteiger partial charge in [-0.3, -0.25) is 0 Å². The third-order valence-electron chi connectivity index (χ3n) is 1.96. The molecule has 0 radical (unpaired) electrons. The number of aliphatic hydroxyl groups is 1. The van der Waals surface area contributed by atoms with Crippen LogP contribution in [0.25, 0.3) is 0 Å². The van der Waals surface area contributed by atoms with Crippen LogP contribution >= 0.6 is 22.9 Å². The number of rotatable bonds is 3.